The Balaban J connectivity index is 1.63. The normalized spacial score (nSPS) is 10.0. The van der Waals surface area contributed by atoms with Gasteiger partial charge in [0.15, 0.2) is 0 Å². The minimum Gasteiger partial charge on any atom is -0.497 e. The van der Waals surface area contributed by atoms with Gasteiger partial charge >= 0.3 is 0 Å². The van der Waals surface area contributed by atoms with Crippen LogP contribution in [0.3, 0.4) is 0 Å². The summed E-state index contributed by atoms with van der Waals surface area (Å²) >= 11 is 0. The van der Waals surface area contributed by atoms with Crippen molar-refractivity contribution < 1.29 is 19.1 Å². The molecule has 0 aliphatic rings. The summed E-state index contributed by atoms with van der Waals surface area (Å²) in [5, 5.41) is 5.27. The number of benzene rings is 2. The summed E-state index contributed by atoms with van der Waals surface area (Å²) in [4.78, 5) is 23.6. The van der Waals surface area contributed by atoms with Gasteiger partial charge in [-0.05, 0) is 43.3 Å². The molecule has 2 rings (SSSR count). The van der Waals surface area contributed by atoms with Crippen molar-refractivity contribution in [2.45, 2.75) is 6.92 Å². The van der Waals surface area contributed by atoms with Crippen LogP contribution in [0.15, 0.2) is 48.5 Å². The molecule has 0 fully saturated rings. The van der Waals surface area contributed by atoms with Crippen LogP contribution in [0.25, 0.3) is 0 Å². The highest BCUT2D eigenvalue weighted by atomic mass is 16.5. The molecule has 0 spiro atoms. The molecule has 2 N–H and O–H groups in total. The van der Waals surface area contributed by atoms with Gasteiger partial charge < -0.3 is 20.1 Å². The SMILES string of the molecule is COc1ccc(OCCNC(=O)CNC(=O)c2ccc(C)cc2)cc1. The second kappa shape index (κ2) is 9.32. The van der Waals surface area contributed by atoms with Gasteiger partial charge in [-0.2, -0.15) is 0 Å². The van der Waals surface area contributed by atoms with Gasteiger partial charge in [0.1, 0.15) is 18.1 Å². The Hall–Kier alpha value is -3.02. The number of hydrogen-bond acceptors (Lipinski definition) is 4. The molecule has 6 nitrogen and oxygen atoms in total. The largest absolute Gasteiger partial charge is 0.497 e. The Kier molecular flexibility index (Phi) is 6.83. The van der Waals surface area contributed by atoms with Gasteiger partial charge in [-0.3, -0.25) is 9.59 Å². The average Bonchev–Trinajstić information content (AvgIpc) is 2.64. The van der Waals surface area contributed by atoms with Gasteiger partial charge in [0.05, 0.1) is 20.2 Å². The van der Waals surface area contributed by atoms with E-state index in [4.69, 9.17) is 9.47 Å². The minimum atomic E-state index is -0.273. The van der Waals surface area contributed by atoms with Crippen LogP contribution in [0.1, 0.15) is 15.9 Å². The Morgan fingerprint density at radius 2 is 1.56 bits per heavy atom. The first-order valence-corrected chi connectivity index (χ1v) is 7.97. The predicted octanol–water partition coefficient (Wildman–Crippen LogP) is 1.93. The van der Waals surface area contributed by atoms with Crippen LogP contribution < -0.4 is 20.1 Å². The van der Waals surface area contributed by atoms with E-state index in [1.807, 2.05) is 19.1 Å². The third-order valence-electron chi connectivity index (χ3n) is 3.48. The molecule has 25 heavy (non-hydrogen) atoms. The molecule has 2 aromatic carbocycles. The molecule has 0 aliphatic heterocycles. The Morgan fingerprint density at radius 1 is 0.920 bits per heavy atom. The molecule has 0 aliphatic carbocycles. The first-order valence-electron chi connectivity index (χ1n) is 7.97. The molecule has 0 atom stereocenters. The zero-order valence-corrected chi connectivity index (χ0v) is 14.4. The molecule has 0 unspecified atom stereocenters. The molecule has 132 valence electrons. The zero-order chi connectivity index (χ0) is 18.1. The van der Waals surface area contributed by atoms with Crippen LogP contribution in [-0.4, -0.2) is 38.6 Å². The van der Waals surface area contributed by atoms with E-state index in [0.717, 1.165) is 11.3 Å². The quantitative estimate of drug-likeness (QED) is 0.719. The molecular formula is C19H22N2O4. The number of ether oxygens (including phenoxy) is 2. The lowest BCUT2D eigenvalue weighted by molar-refractivity contribution is -0.120. The number of methoxy groups -OCH3 is 1. The zero-order valence-electron chi connectivity index (χ0n) is 14.4. The van der Waals surface area contributed by atoms with Crippen molar-refractivity contribution in [3.8, 4) is 11.5 Å². The third kappa shape index (κ3) is 6.18. The fraction of sp³-hybridized carbons (Fsp3) is 0.263. The van der Waals surface area contributed by atoms with Gasteiger partial charge in [-0.15, -0.1) is 0 Å². The molecule has 6 heteroatoms. The summed E-state index contributed by atoms with van der Waals surface area (Å²) in [5.41, 5.74) is 1.60. The lowest BCUT2D eigenvalue weighted by atomic mass is 10.1. The van der Waals surface area contributed by atoms with Crippen LogP contribution in [-0.2, 0) is 4.79 Å². The van der Waals surface area contributed by atoms with E-state index in [9.17, 15) is 9.59 Å². The standard InChI is InChI=1S/C19H22N2O4/c1-14-3-5-15(6-4-14)19(23)21-13-18(22)20-11-12-25-17-9-7-16(24-2)8-10-17/h3-10H,11-13H2,1-2H3,(H,20,22)(H,21,23). The summed E-state index contributed by atoms with van der Waals surface area (Å²) in [5.74, 6) is 0.913. The van der Waals surface area contributed by atoms with E-state index in [0.29, 0.717) is 24.5 Å². The molecule has 0 aromatic heterocycles. The lowest BCUT2D eigenvalue weighted by Crippen LogP contribution is -2.38. The summed E-state index contributed by atoms with van der Waals surface area (Å²) in [7, 11) is 1.60. The van der Waals surface area contributed by atoms with E-state index >= 15 is 0 Å². The summed E-state index contributed by atoms with van der Waals surface area (Å²) in [6, 6.07) is 14.3. The number of nitrogens with one attached hydrogen (secondary N) is 2. The van der Waals surface area contributed by atoms with Crippen molar-refractivity contribution >= 4 is 11.8 Å². The first-order chi connectivity index (χ1) is 12.1. The fourth-order valence-corrected chi connectivity index (χ4v) is 2.06. The van der Waals surface area contributed by atoms with E-state index in [2.05, 4.69) is 10.6 Å². The highest BCUT2D eigenvalue weighted by Gasteiger charge is 2.07. The van der Waals surface area contributed by atoms with Crippen molar-refractivity contribution in [3.05, 3.63) is 59.7 Å². The van der Waals surface area contributed by atoms with Gasteiger partial charge in [0.2, 0.25) is 5.91 Å². The van der Waals surface area contributed by atoms with Crippen LogP contribution in [0.2, 0.25) is 0 Å². The Bertz CT molecular complexity index is 696. The molecule has 0 bridgehead atoms. The second-order valence-corrected chi connectivity index (χ2v) is 5.42. The van der Waals surface area contributed by atoms with Crippen LogP contribution >= 0.6 is 0 Å². The van der Waals surface area contributed by atoms with Crippen LogP contribution in [0, 0.1) is 6.92 Å². The first kappa shape index (κ1) is 18.3. The van der Waals surface area contributed by atoms with E-state index in [1.54, 1.807) is 43.5 Å². The van der Waals surface area contributed by atoms with Gasteiger partial charge in [0, 0.05) is 5.56 Å². The third-order valence-corrected chi connectivity index (χ3v) is 3.48. The van der Waals surface area contributed by atoms with Crippen LogP contribution in [0.4, 0.5) is 0 Å². The van der Waals surface area contributed by atoms with Crippen molar-refractivity contribution in [3.63, 3.8) is 0 Å². The molecule has 0 radical (unpaired) electrons. The number of carbonyl (C=O) groups is 2. The van der Waals surface area contributed by atoms with E-state index in [-0.39, 0.29) is 18.4 Å². The Labute approximate surface area is 147 Å². The maximum atomic E-state index is 11.9. The number of hydrogen-bond donors (Lipinski definition) is 2. The molecule has 0 saturated carbocycles. The van der Waals surface area contributed by atoms with Crippen LogP contribution in [0.5, 0.6) is 11.5 Å². The molecule has 2 aromatic rings. The van der Waals surface area contributed by atoms with Crippen molar-refractivity contribution in [1.29, 1.82) is 0 Å². The number of aryl methyl sites for hydroxylation is 1. The van der Waals surface area contributed by atoms with Gasteiger partial charge in [-0.1, -0.05) is 17.7 Å². The van der Waals surface area contributed by atoms with Crippen molar-refractivity contribution in [2.24, 2.45) is 0 Å². The molecule has 0 saturated heterocycles. The van der Waals surface area contributed by atoms with Crippen molar-refractivity contribution in [2.75, 3.05) is 26.8 Å². The second-order valence-electron chi connectivity index (χ2n) is 5.42. The maximum absolute atomic E-state index is 11.9. The number of rotatable bonds is 8. The van der Waals surface area contributed by atoms with Gasteiger partial charge in [0.25, 0.3) is 5.91 Å². The van der Waals surface area contributed by atoms with E-state index in [1.165, 1.54) is 0 Å². The highest BCUT2D eigenvalue weighted by molar-refractivity contribution is 5.96. The predicted molar refractivity (Wildman–Crippen MR) is 95.0 cm³/mol. The Morgan fingerprint density at radius 3 is 2.20 bits per heavy atom. The average molecular weight is 342 g/mol. The monoisotopic (exact) mass is 342 g/mol. The number of amides is 2. The van der Waals surface area contributed by atoms with Gasteiger partial charge in [-0.25, -0.2) is 0 Å². The summed E-state index contributed by atoms with van der Waals surface area (Å²) < 4.78 is 10.6. The molecule has 2 amide bonds. The maximum Gasteiger partial charge on any atom is 0.251 e. The summed E-state index contributed by atoms with van der Waals surface area (Å²) in [6.07, 6.45) is 0. The topological polar surface area (TPSA) is 76.7 Å². The van der Waals surface area contributed by atoms with E-state index < -0.39 is 0 Å². The minimum absolute atomic E-state index is 0.0742. The smallest absolute Gasteiger partial charge is 0.251 e. The molecule has 0 heterocycles. The molecular weight excluding hydrogens is 320 g/mol. The number of carbonyl (C=O) groups excluding carboxylic acids is 2. The highest BCUT2D eigenvalue weighted by Crippen LogP contribution is 2.16. The lowest BCUT2D eigenvalue weighted by Gasteiger charge is -2.09. The van der Waals surface area contributed by atoms with Crippen molar-refractivity contribution in [1.82, 2.24) is 10.6 Å². The summed E-state index contributed by atoms with van der Waals surface area (Å²) in [6.45, 7) is 2.56. The fourth-order valence-electron chi connectivity index (χ4n) is 2.06.